The van der Waals surface area contributed by atoms with Gasteiger partial charge in [-0.2, -0.15) is 0 Å². The average Bonchev–Trinajstić information content (AvgIpc) is 3.42. The predicted molar refractivity (Wildman–Crippen MR) is 170 cm³/mol. The van der Waals surface area contributed by atoms with Crippen molar-refractivity contribution in [3.8, 4) is 17.2 Å². The maximum atomic E-state index is 12.7. The van der Waals surface area contributed by atoms with E-state index < -0.39 is 30.2 Å². The number of benzene rings is 4. The molecule has 0 radical (unpaired) electrons. The molecule has 1 heterocycles. The molecule has 45 heavy (non-hydrogen) atoms. The molecule has 0 unspecified atom stereocenters. The summed E-state index contributed by atoms with van der Waals surface area (Å²) in [5.74, 6) is -0.797. The van der Waals surface area contributed by atoms with E-state index in [0.717, 1.165) is 5.56 Å². The zero-order valence-electron chi connectivity index (χ0n) is 25.7. The summed E-state index contributed by atoms with van der Waals surface area (Å²) in [6, 6.07) is 28.1. The fourth-order valence-electron chi connectivity index (χ4n) is 4.87. The molecule has 230 valence electrons. The van der Waals surface area contributed by atoms with Crippen LogP contribution in [-0.4, -0.2) is 36.8 Å². The van der Waals surface area contributed by atoms with Crippen molar-refractivity contribution in [3.63, 3.8) is 0 Å². The van der Waals surface area contributed by atoms with Crippen LogP contribution in [0.4, 0.5) is 5.69 Å². The van der Waals surface area contributed by atoms with Gasteiger partial charge in [-0.25, -0.2) is 4.79 Å². The van der Waals surface area contributed by atoms with Gasteiger partial charge in [-0.15, -0.1) is 0 Å². The highest BCUT2D eigenvalue weighted by atomic mass is 16.5. The summed E-state index contributed by atoms with van der Waals surface area (Å²) in [6.45, 7) is 8.08. The summed E-state index contributed by atoms with van der Waals surface area (Å²) >= 11 is 0. The Bertz CT molecular complexity index is 1680. The average molecular weight is 606 g/mol. The number of ketones is 1. The molecule has 4 aromatic rings. The number of rotatable bonds is 9. The topological polar surface area (TPSA) is 99.2 Å². The van der Waals surface area contributed by atoms with Crippen LogP contribution in [0.15, 0.2) is 97.1 Å². The van der Waals surface area contributed by atoms with Crippen molar-refractivity contribution >= 4 is 29.3 Å². The molecule has 1 amide bonds. The van der Waals surface area contributed by atoms with E-state index in [2.05, 4.69) is 20.8 Å². The number of ether oxygens (including phenoxy) is 3. The summed E-state index contributed by atoms with van der Waals surface area (Å²) in [4.78, 5) is 52.0. The number of nitrogens with zero attached hydrogens (tertiary/aromatic N) is 1. The zero-order chi connectivity index (χ0) is 32.1. The van der Waals surface area contributed by atoms with E-state index in [9.17, 15) is 19.2 Å². The molecule has 1 atom stereocenters. The van der Waals surface area contributed by atoms with E-state index >= 15 is 0 Å². The van der Waals surface area contributed by atoms with Crippen molar-refractivity contribution in [2.24, 2.45) is 5.92 Å². The Morgan fingerprint density at radius 1 is 0.756 bits per heavy atom. The van der Waals surface area contributed by atoms with Crippen LogP contribution >= 0.6 is 0 Å². The van der Waals surface area contributed by atoms with Crippen molar-refractivity contribution in [3.05, 3.63) is 119 Å². The number of hydrogen-bond donors (Lipinski definition) is 0. The van der Waals surface area contributed by atoms with Crippen molar-refractivity contribution < 1.29 is 33.4 Å². The van der Waals surface area contributed by atoms with Crippen LogP contribution in [0, 0.1) is 12.8 Å². The van der Waals surface area contributed by atoms with Gasteiger partial charge in [-0.1, -0.05) is 50.6 Å². The monoisotopic (exact) mass is 605 g/mol. The first-order chi connectivity index (χ1) is 21.5. The van der Waals surface area contributed by atoms with Crippen LogP contribution < -0.4 is 14.4 Å². The standard InChI is InChI=1S/C37H35NO7/c1-24-5-7-26(8-6-24)36(42)45-32-15-9-25(10-16-32)33(39)23-43-35(41)27-21-34(40)38(22-27)29-13-19-31(20-14-29)44-30-17-11-28(12-18-30)37(2,3)4/h5-20,27H,21-23H2,1-4H3/t27-/m0/s1. The molecule has 8 heteroatoms. The molecule has 0 spiro atoms. The summed E-state index contributed by atoms with van der Waals surface area (Å²) in [5, 5.41) is 0. The highest BCUT2D eigenvalue weighted by Crippen LogP contribution is 2.30. The molecule has 5 rings (SSSR count). The van der Waals surface area contributed by atoms with Gasteiger partial charge >= 0.3 is 11.9 Å². The van der Waals surface area contributed by atoms with E-state index in [1.165, 1.54) is 34.7 Å². The molecule has 1 saturated heterocycles. The molecule has 8 nitrogen and oxygen atoms in total. The van der Waals surface area contributed by atoms with E-state index in [0.29, 0.717) is 28.3 Å². The number of Topliss-reactive ketones (excluding diaryl/α,β-unsaturated/α-hetero) is 1. The van der Waals surface area contributed by atoms with Crippen molar-refractivity contribution in [2.75, 3.05) is 18.1 Å². The first-order valence-electron chi connectivity index (χ1n) is 14.7. The molecular formula is C37H35NO7. The van der Waals surface area contributed by atoms with E-state index in [1.54, 1.807) is 36.4 Å². The van der Waals surface area contributed by atoms with Gasteiger partial charge in [0.2, 0.25) is 5.91 Å². The molecule has 0 bridgehead atoms. The Hall–Kier alpha value is -5.24. The quantitative estimate of drug-likeness (QED) is 0.114. The van der Waals surface area contributed by atoms with E-state index in [4.69, 9.17) is 14.2 Å². The van der Waals surface area contributed by atoms with Crippen molar-refractivity contribution in [1.29, 1.82) is 0 Å². The van der Waals surface area contributed by atoms with Crippen LogP contribution in [0.1, 0.15) is 59.0 Å². The predicted octanol–water partition coefficient (Wildman–Crippen LogP) is 7.08. The SMILES string of the molecule is Cc1ccc(C(=O)Oc2ccc(C(=O)COC(=O)[C@H]3CC(=O)N(c4ccc(Oc5ccc(C(C)(C)C)cc5)cc4)C3)cc2)cc1. The second-order valence-corrected chi connectivity index (χ2v) is 12.1. The maximum Gasteiger partial charge on any atom is 0.343 e. The lowest BCUT2D eigenvalue weighted by Gasteiger charge is -2.19. The first kappa shape index (κ1) is 31.2. The molecular weight excluding hydrogens is 570 g/mol. The Balaban J connectivity index is 1.10. The second-order valence-electron chi connectivity index (χ2n) is 12.1. The molecule has 0 aromatic heterocycles. The Morgan fingerprint density at radius 2 is 1.31 bits per heavy atom. The Morgan fingerprint density at radius 3 is 1.91 bits per heavy atom. The summed E-state index contributed by atoms with van der Waals surface area (Å²) in [5.41, 5.74) is 3.65. The van der Waals surface area contributed by atoms with Crippen LogP contribution in [-0.2, 0) is 19.7 Å². The van der Waals surface area contributed by atoms with Gasteiger partial charge in [-0.3, -0.25) is 14.4 Å². The van der Waals surface area contributed by atoms with Gasteiger partial charge in [0, 0.05) is 24.2 Å². The number of hydrogen-bond acceptors (Lipinski definition) is 7. The van der Waals surface area contributed by atoms with Crippen LogP contribution in [0.5, 0.6) is 17.2 Å². The molecule has 1 aliphatic heterocycles. The third-order valence-electron chi connectivity index (χ3n) is 7.58. The fraction of sp³-hybridized carbons (Fsp3) is 0.243. The Kier molecular flexibility index (Phi) is 9.13. The van der Waals surface area contributed by atoms with E-state index in [1.807, 2.05) is 43.3 Å². The maximum absolute atomic E-state index is 12.7. The number of esters is 2. The molecule has 0 saturated carbocycles. The van der Waals surface area contributed by atoms with Crippen LogP contribution in [0.25, 0.3) is 0 Å². The van der Waals surface area contributed by atoms with Gasteiger partial charge in [0.1, 0.15) is 17.2 Å². The van der Waals surface area contributed by atoms with Gasteiger partial charge in [-0.05, 0) is 90.7 Å². The van der Waals surface area contributed by atoms with Crippen LogP contribution in [0.3, 0.4) is 0 Å². The highest BCUT2D eigenvalue weighted by Gasteiger charge is 2.36. The summed E-state index contributed by atoms with van der Waals surface area (Å²) in [6.07, 6.45) is -0.00749. The van der Waals surface area contributed by atoms with Crippen LogP contribution in [0.2, 0.25) is 0 Å². The van der Waals surface area contributed by atoms with Crippen molar-refractivity contribution in [2.45, 2.75) is 39.5 Å². The number of carbonyl (C=O) groups is 4. The Labute approximate surface area is 262 Å². The van der Waals surface area contributed by atoms with Gasteiger partial charge in [0.05, 0.1) is 11.5 Å². The lowest BCUT2D eigenvalue weighted by atomic mass is 9.87. The lowest BCUT2D eigenvalue weighted by molar-refractivity contribution is -0.147. The third kappa shape index (κ3) is 7.84. The zero-order valence-corrected chi connectivity index (χ0v) is 25.7. The molecule has 1 aliphatic rings. The number of aryl methyl sites for hydroxylation is 1. The fourth-order valence-corrected chi connectivity index (χ4v) is 4.87. The second kappa shape index (κ2) is 13.2. The third-order valence-corrected chi connectivity index (χ3v) is 7.58. The highest BCUT2D eigenvalue weighted by molar-refractivity contribution is 6.01. The first-order valence-corrected chi connectivity index (χ1v) is 14.7. The summed E-state index contributed by atoms with van der Waals surface area (Å²) in [7, 11) is 0. The van der Waals surface area contributed by atoms with Gasteiger partial charge in [0.15, 0.2) is 12.4 Å². The van der Waals surface area contributed by atoms with Gasteiger partial charge < -0.3 is 19.1 Å². The lowest BCUT2D eigenvalue weighted by Crippen LogP contribution is -2.27. The number of carbonyl (C=O) groups excluding carboxylic acids is 4. The largest absolute Gasteiger partial charge is 0.457 e. The minimum Gasteiger partial charge on any atom is -0.457 e. The van der Waals surface area contributed by atoms with Gasteiger partial charge in [0.25, 0.3) is 0 Å². The molecule has 0 aliphatic carbocycles. The van der Waals surface area contributed by atoms with E-state index in [-0.39, 0.29) is 30.0 Å². The minimum atomic E-state index is -0.689. The smallest absolute Gasteiger partial charge is 0.343 e. The number of amides is 1. The minimum absolute atomic E-state index is 0.00749. The van der Waals surface area contributed by atoms with Crippen molar-refractivity contribution in [1.82, 2.24) is 0 Å². The molecule has 0 N–H and O–H groups in total. The summed E-state index contributed by atoms with van der Waals surface area (Å²) < 4.78 is 16.6. The molecule has 4 aromatic carbocycles. The number of anilines is 1. The normalized spacial score (nSPS) is 14.6. The molecule has 1 fully saturated rings.